The Balaban J connectivity index is 1.49. The normalized spacial score (nSPS) is 21.0. The van der Waals surface area contributed by atoms with Gasteiger partial charge in [-0.3, -0.25) is 9.69 Å². The van der Waals surface area contributed by atoms with Gasteiger partial charge in [-0.15, -0.1) is 0 Å². The Morgan fingerprint density at radius 3 is 2.36 bits per heavy atom. The zero-order valence-corrected chi connectivity index (χ0v) is 21.2. The zero-order chi connectivity index (χ0) is 26.1. The molecule has 0 bridgehead atoms. The van der Waals surface area contributed by atoms with Gasteiger partial charge in [-0.05, 0) is 49.1 Å². The van der Waals surface area contributed by atoms with Crippen LogP contribution in [0, 0.1) is 6.92 Å². The fourth-order valence-electron chi connectivity index (χ4n) is 5.16. The molecule has 36 heavy (non-hydrogen) atoms. The summed E-state index contributed by atoms with van der Waals surface area (Å²) in [6.45, 7) is 3.22. The molecule has 6 nitrogen and oxygen atoms in total. The van der Waals surface area contributed by atoms with E-state index in [1.165, 1.54) is 17.0 Å². The van der Waals surface area contributed by atoms with Crippen molar-refractivity contribution in [2.75, 3.05) is 38.5 Å². The van der Waals surface area contributed by atoms with Crippen molar-refractivity contribution in [3.05, 3.63) is 65.2 Å². The number of piperidine rings is 1. The first-order chi connectivity index (χ1) is 16.9. The maximum absolute atomic E-state index is 13.3. The smallest absolute Gasteiger partial charge is 0.364 e. The van der Waals surface area contributed by atoms with Crippen molar-refractivity contribution in [3.63, 3.8) is 0 Å². The molecule has 0 saturated carbocycles. The number of carbonyl (C=O) groups is 1. The second-order valence-corrected chi connectivity index (χ2v) is 11.9. The standard InChI is InChI=1S/C26H31F3N2O4S/c1-3-36(33,34)23-10-9-21(15-19(23)2)24(32)31-13-11-25(12-14-31)17-30(18-26(27,28)29)16-22(35-25)20-7-5-4-6-8-20/h4-10,15,22H,3,11-14,16-18H2,1-2H3. The number of benzene rings is 2. The Morgan fingerprint density at radius 1 is 1.11 bits per heavy atom. The highest BCUT2D eigenvalue weighted by Crippen LogP contribution is 2.39. The average molecular weight is 525 g/mol. The third kappa shape index (κ3) is 5.92. The summed E-state index contributed by atoms with van der Waals surface area (Å²) in [6, 6.07) is 13.8. The molecule has 0 N–H and O–H groups in total. The molecular weight excluding hydrogens is 493 g/mol. The first-order valence-corrected chi connectivity index (χ1v) is 13.7. The van der Waals surface area contributed by atoms with Crippen LogP contribution < -0.4 is 0 Å². The van der Waals surface area contributed by atoms with Gasteiger partial charge in [0.15, 0.2) is 9.84 Å². The van der Waals surface area contributed by atoms with E-state index in [1.54, 1.807) is 24.8 Å². The fraction of sp³-hybridized carbons (Fsp3) is 0.500. The number of rotatable bonds is 5. The minimum absolute atomic E-state index is 0.0231. The van der Waals surface area contributed by atoms with E-state index < -0.39 is 34.3 Å². The highest BCUT2D eigenvalue weighted by atomic mass is 32.2. The Hall–Kier alpha value is -2.43. The first-order valence-electron chi connectivity index (χ1n) is 12.1. The summed E-state index contributed by atoms with van der Waals surface area (Å²) in [5.41, 5.74) is 0.958. The lowest BCUT2D eigenvalue weighted by Gasteiger charge is -2.50. The molecule has 196 valence electrons. The summed E-state index contributed by atoms with van der Waals surface area (Å²) in [5, 5.41) is 0. The molecule has 2 saturated heterocycles. The van der Waals surface area contributed by atoms with Crippen LogP contribution in [0.15, 0.2) is 53.4 Å². The van der Waals surface area contributed by atoms with Crippen LogP contribution in [-0.2, 0) is 14.6 Å². The summed E-state index contributed by atoms with van der Waals surface area (Å²) in [6.07, 6.45) is -3.97. The summed E-state index contributed by atoms with van der Waals surface area (Å²) >= 11 is 0. The monoisotopic (exact) mass is 524 g/mol. The maximum atomic E-state index is 13.3. The van der Waals surface area contributed by atoms with Gasteiger partial charge in [0.05, 0.1) is 28.9 Å². The molecule has 2 aliphatic heterocycles. The Morgan fingerprint density at radius 2 is 1.78 bits per heavy atom. The van der Waals surface area contributed by atoms with Gasteiger partial charge in [0.1, 0.15) is 0 Å². The highest BCUT2D eigenvalue weighted by Gasteiger charge is 2.46. The largest absolute Gasteiger partial charge is 0.401 e. The topological polar surface area (TPSA) is 66.9 Å². The van der Waals surface area contributed by atoms with Crippen molar-refractivity contribution in [1.29, 1.82) is 0 Å². The summed E-state index contributed by atoms with van der Waals surface area (Å²) in [5.74, 6) is -0.249. The van der Waals surface area contributed by atoms with Gasteiger partial charge in [-0.2, -0.15) is 13.2 Å². The number of nitrogens with zero attached hydrogens (tertiary/aromatic N) is 2. The molecule has 0 radical (unpaired) electrons. The molecule has 2 aromatic carbocycles. The van der Waals surface area contributed by atoms with Gasteiger partial charge >= 0.3 is 6.18 Å². The second-order valence-electron chi connectivity index (χ2n) is 9.66. The number of alkyl halides is 3. The van der Waals surface area contributed by atoms with Crippen LogP contribution in [0.25, 0.3) is 0 Å². The number of hydrogen-bond acceptors (Lipinski definition) is 5. The van der Waals surface area contributed by atoms with E-state index in [9.17, 15) is 26.4 Å². The molecule has 1 atom stereocenters. The van der Waals surface area contributed by atoms with Crippen LogP contribution in [-0.4, -0.2) is 74.4 Å². The molecule has 10 heteroatoms. The molecule has 2 fully saturated rings. The fourth-order valence-corrected chi connectivity index (χ4v) is 6.30. The number of morpholine rings is 1. The van der Waals surface area contributed by atoms with Crippen molar-refractivity contribution in [2.45, 2.75) is 49.5 Å². The van der Waals surface area contributed by atoms with Crippen LogP contribution in [0.1, 0.15) is 47.4 Å². The minimum Gasteiger partial charge on any atom is -0.364 e. The lowest BCUT2D eigenvalue weighted by Crippen LogP contribution is -2.59. The third-order valence-electron chi connectivity index (χ3n) is 7.00. The van der Waals surface area contributed by atoms with Gasteiger partial charge in [0.25, 0.3) is 5.91 Å². The third-order valence-corrected chi connectivity index (χ3v) is 8.89. The van der Waals surface area contributed by atoms with Crippen LogP contribution in [0.3, 0.4) is 0 Å². The van der Waals surface area contributed by atoms with E-state index in [0.29, 0.717) is 37.1 Å². The Kier molecular flexibility index (Phi) is 7.50. The number of halogens is 3. The molecule has 1 spiro atoms. The number of ether oxygens (including phenoxy) is 1. The molecule has 4 rings (SSSR count). The molecule has 1 unspecified atom stereocenters. The van der Waals surface area contributed by atoms with Crippen molar-refractivity contribution in [1.82, 2.24) is 9.80 Å². The summed E-state index contributed by atoms with van der Waals surface area (Å²) < 4.78 is 70.7. The molecule has 2 heterocycles. The predicted molar refractivity (Wildman–Crippen MR) is 130 cm³/mol. The number of sulfone groups is 1. The number of amides is 1. The van der Waals surface area contributed by atoms with Crippen LogP contribution >= 0.6 is 0 Å². The van der Waals surface area contributed by atoms with Crippen molar-refractivity contribution in [3.8, 4) is 0 Å². The predicted octanol–water partition coefficient (Wildman–Crippen LogP) is 4.40. The summed E-state index contributed by atoms with van der Waals surface area (Å²) in [7, 11) is -3.39. The van der Waals surface area contributed by atoms with Crippen molar-refractivity contribution in [2.24, 2.45) is 0 Å². The Labute approximate surface area is 210 Å². The average Bonchev–Trinajstić information content (AvgIpc) is 2.83. The number of likely N-dealkylation sites (tertiary alicyclic amines) is 1. The molecular formula is C26H31F3N2O4S. The van der Waals surface area contributed by atoms with Crippen LogP contribution in [0.5, 0.6) is 0 Å². The van der Waals surface area contributed by atoms with E-state index in [1.807, 2.05) is 30.3 Å². The van der Waals surface area contributed by atoms with E-state index in [2.05, 4.69) is 0 Å². The molecule has 0 aliphatic carbocycles. The lowest BCUT2D eigenvalue weighted by atomic mass is 9.87. The second kappa shape index (κ2) is 10.1. The molecule has 1 amide bonds. The van der Waals surface area contributed by atoms with E-state index in [0.717, 1.165) is 5.56 Å². The number of hydrogen-bond donors (Lipinski definition) is 0. The van der Waals surface area contributed by atoms with E-state index in [4.69, 9.17) is 4.74 Å². The van der Waals surface area contributed by atoms with Gasteiger partial charge in [0.2, 0.25) is 0 Å². The quantitative estimate of drug-likeness (QED) is 0.580. The minimum atomic E-state index is -4.31. The van der Waals surface area contributed by atoms with E-state index in [-0.39, 0.29) is 29.6 Å². The van der Waals surface area contributed by atoms with Gasteiger partial charge in [-0.1, -0.05) is 37.3 Å². The van der Waals surface area contributed by atoms with Gasteiger partial charge < -0.3 is 9.64 Å². The number of carbonyl (C=O) groups excluding carboxylic acids is 1. The van der Waals surface area contributed by atoms with Gasteiger partial charge in [-0.25, -0.2) is 8.42 Å². The number of aryl methyl sites for hydroxylation is 1. The van der Waals surface area contributed by atoms with Crippen molar-refractivity contribution < 1.29 is 31.1 Å². The lowest BCUT2D eigenvalue weighted by molar-refractivity contribution is -0.205. The first kappa shape index (κ1) is 26.6. The van der Waals surface area contributed by atoms with Gasteiger partial charge in [0, 0.05) is 31.7 Å². The molecule has 0 aromatic heterocycles. The summed E-state index contributed by atoms with van der Waals surface area (Å²) in [4.78, 5) is 16.5. The highest BCUT2D eigenvalue weighted by molar-refractivity contribution is 7.91. The molecule has 2 aliphatic rings. The van der Waals surface area contributed by atoms with Crippen LogP contribution in [0.2, 0.25) is 0 Å². The zero-order valence-electron chi connectivity index (χ0n) is 20.4. The SMILES string of the molecule is CCS(=O)(=O)c1ccc(C(=O)N2CCC3(CC2)CN(CC(F)(F)F)CC(c2ccccc2)O3)cc1C. The van der Waals surface area contributed by atoms with Crippen LogP contribution in [0.4, 0.5) is 13.2 Å². The van der Waals surface area contributed by atoms with Crippen molar-refractivity contribution >= 4 is 15.7 Å². The molecule has 2 aromatic rings. The Bertz CT molecular complexity index is 1190. The van der Waals surface area contributed by atoms with E-state index >= 15 is 0 Å². The maximum Gasteiger partial charge on any atom is 0.401 e.